The first kappa shape index (κ1) is 9.35. The molecule has 0 saturated carbocycles. The highest BCUT2D eigenvalue weighted by Gasteiger charge is 2.11. The summed E-state index contributed by atoms with van der Waals surface area (Å²) in [5.74, 6) is -1.31. The van der Waals surface area contributed by atoms with Crippen LogP contribution in [0, 0.1) is 0 Å². The maximum atomic E-state index is 10.5. The van der Waals surface area contributed by atoms with Crippen LogP contribution in [-0.4, -0.2) is 16.2 Å². The Bertz CT molecular complexity index is 338. The second-order valence-electron chi connectivity index (χ2n) is 2.09. The van der Waals surface area contributed by atoms with E-state index in [2.05, 4.69) is 15.9 Å². The van der Waals surface area contributed by atoms with E-state index in [-0.39, 0.29) is 16.3 Å². The molecule has 0 aliphatic heterocycles. The van der Waals surface area contributed by atoms with Crippen molar-refractivity contribution in [2.75, 3.05) is 0 Å². The highest BCUT2D eigenvalue weighted by Crippen LogP contribution is 2.30. The number of carbonyl (C=O) groups is 1. The van der Waals surface area contributed by atoms with Gasteiger partial charge in [-0.2, -0.15) is 0 Å². The summed E-state index contributed by atoms with van der Waals surface area (Å²) in [6.07, 6.45) is 0. The number of carboxylic acids is 1. The lowest BCUT2D eigenvalue weighted by Gasteiger charge is -2.01. The van der Waals surface area contributed by atoms with Crippen LogP contribution in [0.4, 0.5) is 0 Å². The lowest BCUT2D eigenvalue weighted by Crippen LogP contribution is -1.96. The fourth-order valence-electron chi connectivity index (χ4n) is 0.701. The van der Waals surface area contributed by atoms with Crippen LogP contribution in [0.1, 0.15) is 10.4 Å². The lowest BCUT2D eigenvalue weighted by molar-refractivity contribution is 0.0696. The van der Waals surface area contributed by atoms with Crippen LogP contribution in [0.3, 0.4) is 0 Å². The molecule has 64 valence electrons. The van der Waals surface area contributed by atoms with Crippen molar-refractivity contribution in [1.29, 1.82) is 0 Å². The van der Waals surface area contributed by atoms with Gasteiger partial charge in [-0.25, -0.2) is 4.79 Å². The molecule has 0 heterocycles. The van der Waals surface area contributed by atoms with Crippen molar-refractivity contribution in [3.8, 4) is 5.75 Å². The van der Waals surface area contributed by atoms with Crippen molar-refractivity contribution in [2.24, 2.45) is 0 Å². The van der Waals surface area contributed by atoms with Crippen LogP contribution in [-0.2, 0) is 0 Å². The molecule has 0 atom stereocenters. The van der Waals surface area contributed by atoms with E-state index in [9.17, 15) is 4.79 Å². The Kier molecular flexibility index (Phi) is 2.59. The van der Waals surface area contributed by atoms with Crippen molar-refractivity contribution >= 4 is 33.5 Å². The van der Waals surface area contributed by atoms with Gasteiger partial charge < -0.3 is 10.2 Å². The molecule has 0 aliphatic carbocycles. The third-order valence-corrected chi connectivity index (χ3v) is 2.21. The van der Waals surface area contributed by atoms with E-state index >= 15 is 0 Å². The van der Waals surface area contributed by atoms with Crippen molar-refractivity contribution in [3.05, 3.63) is 27.2 Å². The summed E-state index contributed by atoms with van der Waals surface area (Å²) >= 11 is 8.58. The zero-order valence-corrected chi connectivity index (χ0v) is 8.06. The van der Waals surface area contributed by atoms with Gasteiger partial charge in [-0.15, -0.1) is 0 Å². The molecule has 0 radical (unpaired) electrons. The van der Waals surface area contributed by atoms with Crippen LogP contribution in [0.15, 0.2) is 16.6 Å². The fourth-order valence-corrected chi connectivity index (χ4v) is 1.42. The van der Waals surface area contributed by atoms with Gasteiger partial charge in [0.25, 0.3) is 0 Å². The largest absolute Gasteiger partial charge is 0.507 e. The highest BCUT2D eigenvalue weighted by atomic mass is 79.9. The molecule has 0 fully saturated rings. The monoisotopic (exact) mass is 250 g/mol. The van der Waals surface area contributed by atoms with Crippen LogP contribution >= 0.6 is 27.5 Å². The number of benzene rings is 1. The Labute approximate surface area is 81.7 Å². The summed E-state index contributed by atoms with van der Waals surface area (Å²) < 4.78 is 0.373. The normalized spacial score (nSPS) is 9.83. The standard InChI is InChI=1S/C7H4BrClO3/c8-4-2-5(9)3(7(11)12)1-6(4)10/h1-2,10H,(H,11,12). The minimum atomic E-state index is -1.16. The molecule has 2 N–H and O–H groups in total. The fraction of sp³-hybridized carbons (Fsp3) is 0. The average Bonchev–Trinajstić information content (AvgIpc) is 1.96. The van der Waals surface area contributed by atoms with Crippen LogP contribution in [0.2, 0.25) is 5.02 Å². The van der Waals surface area contributed by atoms with E-state index in [1.54, 1.807) is 0 Å². The molecule has 3 nitrogen and oxygen atoms in total. The first-order chi connectivity index (χ1) is 5.52. The summed E-state index contributed by atoms with van der Waals surface area (Å²) in [5, 5.41) is 17.8. The Morgan fingerprint density at radius 2 is 2.08 bits per heavy atom. The summed E-state index contributed by atoms with van der Waals surface area (Å²) in [7, 11) is 0. The van der Waals surface area contributed by atoms with Gasteiger partial charge in [0.05, 0.1) is 15.1 Å². The minimum Gasteiger partial charge on any atom is -0.507 e. The molecule has 0 spiro atoms. The van der Waals surface area contributed by atoms with Gasteiger partial charge in [0.1, 0.15) is 5.75 Å². The lowest BCUT2D eigenvalue weighted by atomic mass is 10.2. The number of aromatic hydroxyl groups is 1. The topological polar surface area (TPSA) is 57.5 Å². The average molecular weight is 251 g/mol. The summed E-state index contributed by atoms with van der Waals surface area (Å²) in [4.78, 5) is 10.5. The number of aromatic carboxylic acids is 1. The Morgan fingerprint density at radius 1 is 1.50 bits per heavy atom. The van der Waals surface area contributed by atoms with Gasteiger partial charge in [-0.3, -0.25) is 0 Å². The number of rotatable bonds is 1. The van der Waals surface area contributed by atoms with Gasteiger partial charge in [0.15, 0.2) is 0 Å². The molecule has 1 aromatic rings. The molecule has 5 heteroatoms. The van der Waals surface area contributed by atoms with Crippen molar-refractivity contribution in [3.63, 3.8) is 0 Å². The first-order valence-electron chi connectivity index (χ1n) is 2.93. The zero-order valence-electron chi connectivity index (χ0n) is 5.71. The number of carboxylic acid groups (broad SMARTS) is 1. The highest BCUT2D eigenvalue weighted by molar-refractivity contribution is 9.10. The summed E-state index contributed by atoms with van der Waals surface area (Å²) in [6, 6.07) is 2.43. The van der Waals surface area contributed by atoms with E-state index in [1.807, 2.05) is 0 Å². The Hall–Kier alpha value is -0.740. The number of hydrogen-bond donors (Lipinski definition) is 2. The Balaban J connectivity index is 3.33. The molecule has 0 amide bonds. The molecular weight excluding hydrogens is 247 g/mol. The summed E-state index contributed by atoms with van der Waals surface area (Å²) in [6.45, 7) is 0. The number of hydrogen-bond acceptors (Lipinski definition) is 2. The molecule has 1 aromatic carbocycles. The second kappa shape index (κ2) is 3.33. The molecule has 1 rings (SSSR count). The van der Waals surface area contributed by atoms with Gasteiger partial charge in [0.2, 0.25) is 0 Å². The maximum Gasteiger partial charge on any atom is 0.337 e. The Morgan fingerprint density at radius 3 is 2.58 bits per heavy atom. The third-order valence-electron chi connectivity index (χ3n) is 1.27. The summed E-state index contributed by atoms with van der Waals surface area (Å²) in [5.41, 5.74) is -0.114. The van der Waals surface area contributed by atoms with E-state index < -0.39 is 5.97 Å². The number of halogens is 2. The van der Waals surface area contributed by atoms with Crippen LogP contribution < -0.4 is 0 Å². The van der Waals surface area contributed by atoms with Gasteiger partial charge >= 0.3 is 5.97 Å². The van der Waals surface area contributed by atoms with Crippen molar-refractivity contribution < 1.29 is 15.0 Å². The van der Waals surface area contributed by atoms with Crippen molar-refractivity contribution in [1.82, 2.24) is 0 Å². The molecule has 0 aliphatic rings. The SMILES string of the molecule is O=C(O)c1cc(O)c(Br)cc1Cl. The molecule has 0 saturated heterocycles. The van der Waals surface area contributed by atoms with E-state index in [0.717, 1.165) is 6.07 Å². The molecule has 12 heavy (non-hydrogen) atoms. The van der Waals surface area contributed by atoms with E-state index in [4.69, 9.17) is 21.8 Å². The predicted octanol–water partition coefficient (Wildman–Crippen LogP) is 2.51. The zero-order chi connectivity index (χ0) is 9.30. The molecule has 0 unspecified atom stereocenters. The quantitative estimate of drug-likeness (QED) is 0.806. The smallest absolute Gasteiger partial charge is 0.337 e. The molecule has 0 aromatic heterocycles. The second-order valence-corrected chi connectivity index (χ2v) is 3.35. The van der Waals surface area contributed by atoms with Crippen LogP contribution in [0.5, 0.6) is 5.75 Å². The van der Waals surface area contributed by atoms with E-state index in [0.29, 0.717) is 4.47 Å². The van der Waals surface area contributed by atoms with E-state index in [1.165, 1.54) is 6.07 Å². The molecular formula is C7H4BrClO3. The van der Waals surface area contributed by atoms with Crippen LogP contribution in [0.25, 0.3) is 0 Å². The molecule has 0 bridgehead atoms. The van der Waals surface area contributed by atoms with Gasteiger partial charge in [-0.1, -0.05) is 11.6 Å². The minimum absolute atomic E-state index is 0.0900. The predicted molar refractivity (Wildman–Crippen MR) is 47.8 cm³/mol. The number of phenols is 1. The first-order valence-corrected chi connectivity index (χ1v) is 4.10. The van der Waals surface area contributed by atoms with Gasteiger partial charge in [-0.05, 0) is 28.1 Å². The number of phenolic OH excluding ortho intramolecular Hbond substituents is 1. The third kappa shape index (κ3) is 1.70. The van der Waals surface area contributed by atoms with Crippen molar-refractivity contribution in [2.45, 2.75) is 0 Å². The maximum absolute atomic E-state index is 10.5. The van der Waals surface area contributed by atoms with Gasteiger partial charge in [0, 0.05) is 0 Å².